The zero-order valence-electron chi connectivity index (χ0n) is 7.63. The fraction of sp³-hybridized carbons (Fsp3) is 0.500. The van der Waals surface area contributed by atoms with Gasteiger partial charge in [-0.3, -0.25) is 19.3 Å². The minimum Gasteiger partial charge on any atom is -0.480 e. The van der Waals surface area contributed by atoms with E-state index in [1.165, 1.54) is 0 Å². The van der Waals surface area contributed by atoms with E-state index in [1.807, 2.05) is 0 Å². The molecular weight excluding hydrogens is 182 g/mol. The molecule has 0 fully saturated rings. The second-order valence-corrected chi connectivity index (χ2v) is 2.33. The molecule has 0 aliphatic rings. The fourth-order valence-electron chi connectivity index (χ4n) is 0.742. The van der Waals surface area contributed by atoms with Crippen LogP contribution in [-0.4, -0.2) is 57.8 Å². The quantitative estimate of drug-likeness (QED) is 0.476. The maximum atomic E-state index is 10.1. The number of hydrogen-bond acceptors (Lipinski definition) is 4. The van der Waals surface area contributed by atoms with Gasteiger partial charge in [0.05, 0.1) is 19.6 Å². The Labute approximate surface area is 74.7 Å². The van der Waals surface area contributed by atoms with Gasteiger partial charge in [-0.25, -0.2) is 0 Å². The van der Waals surface area contributed by atoms with Crippen molar-refractivity contribution in [2.45, 2.75) is 0 Å². The van der Waals surface area contributed by atoms with Crippen molar-refractivity contribution in [1.82, 2.24) is 4.90 Å². The molecule has 0 radical (unpaired) electrons. The van der Waals surface area contributed by atoms with E-state index in [4.69, 9.17) is 15.3 Å². The molecule has 3 N–H and O–H groups in total. The Morgan fingerprint density at radius 1 is 0.846 bits per heavy atom. The standard InChI is InChI=1S/C6H9NO6/c8-4(9)1-7(2-5(10)11)3-6(12)13/h1-3H2,(H,8,9)(H,10,11)(H,12,13)/p+1. The van der Waals surface area contributed by atoms with Crippen LogP contribution in [0.4, 0.5) is 0 Å². The van der Waals surface area contributed by atoms with E-state index in [-0.39, 0.29) is 1.43 Å². The molecule has 0 unspecified atom stereocenters. The molecule has 7 heteroatoms. The summed E-state index contributed by atoms with van der Waals surface area (Å²) in [6.45, 7) is -1.80. The average molecular weight is 192 g/mol. The number of carboxylic acids is 3. The SMILES string of the molecule is O=C(O)CN(CC(=O)O)CC(=O)O.[H+]. The number of aliphatic carboxylic acids is 3. The predicted octanol–water partition coefficient (Wildman–Crippen LogP) is -1.35. The summed E-state index contributed by atoms with van der Waals surface area (Å²) in [7, 11) is 0. The number of nitrogens with zero attached hydrogens (tertiary/aromatic N) is 1. The molecule has 0 spiro atoms. The molecule has 0 rings (SSSR count). The van der Waals surface area contributed by atoms with Crippen LogP contribution in [0.5, 0.6) is 0 Å². The summed E-state index contributed by atoms with van der Waals surface area (Å²) in [4.78, 5) is 31.2. The highest BCUT2D eigenvalue weighted by molar-refractivity contribution is 5.75. The van der Waals surface area contributed by atoms with Crippen molar-refractivity contribution < 1.29 is 31.1 Å². The van der Waals surface area contributed by atoms with E-state index in [0.29, 0.717) is 0 Å². The van der Waals surface area contributed by atoms with Crippen LogP contribution < -0.4 is 0 Å². The second kappa shape index (κ2) is 5.09. The first-order valence-corrected chi connectivity index (χ1v) is 3.29. The molecule has 74 valence electrons. The van der Waals surface area contributed by atoms with Crippen molar-refractivity contribution in [2.75, 3.05) is 19.6 Å². The van der Waals surface area contributed by atoms with E-state index in [0.717, 1.165) is 4.90 Å². The third kappa shape index (κ3) is 6.76. The summed E-state index contributed by atoms with van der Waals surface area (Å²) in [5, 5.41) is 24.8. The molecule has 0 aliphatic carbocycles. The lowest BCUT2D eigenvalue weighted by atomic mass is 10.4. The molecule has 0 saturated heterocycles. The molecule has 13 heavy (non-hydrogen) atoms. The summed E-state index contributed by atoms with van der Waals surface area (Å²) in [6, 6.07) is 0. The van der Waals surface area contributed by atoms with E-state index in [1.54, 1.807) is 0 Å². The molecule has 0 saturated carbocycles. The first kappa shape index (κ1) is 11.4. The molecule has 0 aliphatic heterocycles. The summed E-state index contributed by atoms with van der Waals surface area (Å²) < 4.78 is 0. The largest absolute Gasteiger partial charge is 1.00 e. The van der Waals surface area contributed by atoms with E-state index >= 15 is 0 Å². The van der Waals surface area contributed by atoms with Gasteiger partial charge in [0, 0.05) is 0 Å². The van der Waals surface area contributed by atoms with Crippen molar-refractivity contribution in [2.24, 2.45) is 0 Å². The van der Waals surface area contributed by atoms with E-state index in [9.17, 15) is 14.4 Å². The first-order valence-electron chi connectivity index (χ1n) is 3.29. The summed E-state index contributed by atoms with van der Waals surface area (Å²) in [5.41, 5.74) is 0. The highest BCUT2D eigenvalue weighted by Crippen LogP contribution is 1.87. The number of rotatable bonds is 6. The van der Waals surface area contributed by atoms with Crippen molar-refractivity contribution >= 4 is 17.9 Å². The van der Waals surface area contributed by atoms with Crippen LogP contribution in [0.15, 0.2) is 0 Å². The first-order chi connectivity index (χ1) is 5.91. The fourth-order valence-corrected chi connectivity index (χ4v) is 0.742. The third-order valence-electron chi connectivity index (χ3n) is 1.08. The van der Waals surface area contributed by atoms with Crippen molar-refractivity contribution in [1.29, 1.82) is 0 Å². The molecule has 0 atom stereocenters. The molecule has 0 bridgehead atoms. The Balaban J connectivity index is 0. The van der Waals surface area contributed by atoms with Crippen LogP contribution in [0.25, 0.3) is 0 Å². The Hall–Kier alpha value is -1.63. The van der Waals surface area contributed by atoms with Gasteiger partial charge in [0.25, 0.3) is 0 Å². The maximum absolute atomic E-state index is 10.1. The highest BCUT2D eigenvalue weighted by Gasteiger charge is 2.15. The van der Waals surface area contributed by atoms with Crippen molar-refractivity contribution in [3.8, 4) is 0 Å². The lowest BCUT2D eigenvalue weighted by Gasteiger charge is -2.14. The van der Waals surface area contributed by atoms with Gasteiger partial charge < -0.3 is 15.3 Å². The normalized spacial score (nSPS) is 9.92. The highest BCUT2D eigenvalue weighted by atomic mass is 16.4. The van der Waals surface area contributed by atoms with Gasteiger partial charge >= 0.3 is 19.3 Å². The Morgan fingerprint density at radius 2 is 1.08 bits per heavy atom. The summed E-state index contributed by atoms with van der Waals surface area (Å²) in [5.74, 6) is -3.78. The van der Waals surface area contributed by atoms with Crippen molar-refractivity contribution in [3.05, 3.63) is 0 Å². The van der Waals surface area contributed by atoms with Gasteiger partial charge in [0.15, 0.2) is 0 Å². The van der Waals surface area contributed by atoms with E-state index in [2.05, 4.69) is 0 Å². The van der Waals surface area contributed by atoms with Crippen molar-refractivity contribution in [3.63, 3.8) is 0 Å². The van der Waals surface area contributed by atoms with Crippen LogP contribution in [-0.2, 0) is 14.4 Å². The van der Waals surface area contributed by atoms with Gasteiger partial charge in [0.2, 0.25) is 0 Å². The smallest absolute Gasteiger partial charge is 0.480 e. The average Bonchev–Trinajstić information content (AvgIpc) is 1.80. The molecule has 0 aromatic carbocycles. The minimum atomic E-state index is -1.26. The monoisotopic (exact) mass is 192 g/mol. The second-order valence-electron chi connectivity index (χ2n) is 2.33. The molecule has 0 aromatic rings. The van der Waals surface area contributed by atoms with Gasteiger partial charge in [-0.1, -0.05) is 0 Å². The summed E-state index contributed by atoms with van der Waals surface area (Å²) >= 11 is 0. The molecule has 0 aromatic heterocycles. The third-order valence-corrected chi connectivity index (χ3v) is 1.08. The minimum absolute atomic E-state index is 0. The zero-order chi connectivity index (χ0) is 10.4. The van der Waals surface area contributed by atoms with Crippen LogP contribution in [0.2, 0.25) is 0 Å². The Morgan fingerprint density at radius 3 is 1.23 bits per heavy atom. The zero-order valence-corrected chi connectivity index (χ0v) is 6.63. The van der Waals surface area contributed by atoms with Crippen LogP contribution in [0.1, 0.15) is 1.43 Å². The van der Waals surface area contributed by atoms with Crippen LogP contribution in [0, 0.1) is 0 Å². The molecule has 0 heterocycles. The lowest BCUT2D eigenvalue weighted by molar-refractivity contribution is -0.144. The maximum Gasteiger partial charge on any atom is 1.00 e. The van der Waals surface area contributed by atoms with Crippen LogP contribution in [0.3, 0.4) is 0 Å². The van der Waals surface area contributed by atoms with E-state index < -0.39 is 37.5 Å². The molecule has 0 amide bonds. The molecule has 7 nitrogen and oxygen atoms in total. The molecular formula is C6H10NO6+. The van der Waals surface area contributed by atoms with Gasteiger partial charge in [-0.2, -0.15) is 0 Å². The summed E-state index contributed by atoms with van der Waals surface area (Å²) in [6.07, 6.45) is 0. The Kier molecular flexibility index (Phi) is 4.45. The number of carboxylic acid groups (broad SMARTS) is 3. The predicted molar refractivity (Wildman–Crippen MR) is 40.5 cm³/mol. The van der Waals surface area contributed by atoms with Crippen LogP contribution >= 0.6 is 0 Å². The number of hydrogen-bond donors (Lipinski definition) is 3. The van der Waals surface area contributed by atoms with Gasteiger partial charge in [-0.05, 0) is 0 Å². The van der Waals surface area contributed by atoms with Gasteiger partial charge in [0.1, 0.15) is 0 Å². The lowest BCUT2D eigenvalue weighted by Crippen LogP contribution is -2.38. The van der Waals surface area contributed by atoms with Gasteiger partial charge in [-0.15, -0.1) is 0 Å². The topological polar surface area (TPSA) is 115 Å². The number of carbonyl (C=O) groups is 3. The Bertz CT molecular complexity index is 192.